The number of nitrogens with zero attached hydrogens (tertiary/aromatic N) is 1. The second-order valence-electron chi connectivity index (χ2n) is 5.00. The van der Waals surface area contributed by atoms with Crippen LogP contribution in [0.5, 0.6) is 0 Å². The van der Waals surface area contributed by atoms with Crippen LogP contribution in [0.25, 0.3) is 0 Å². The van der Waals surface area contributed by atoms with Gasteiger partial charge >= 0.3 is 5.97 Å². The van der Waals surface area contributed by atoms with Gasteiger partial charge in [-0.3, -0.25) is 9.69 Å². The minimum absolute atomic E-state index is 0.488. The van der Waals surface area contributed by atoms with E-state index in [9.17, 15) is 9.90 Å². The average molecular weight is 227 g/mol. The Balaban J connectivity index is 1.98. The topological polar surface area (TPSA) is 49.8 Å². The van der Waals surface area contributed by atoms with Gasteiger partial charge in [0.2, 0.25) is 0 Å². The lowest BCUT2D eigenvalue weighted by Gasteiger charge is -2.32. The molecule has 4 nitrogen and oxygen atoms in total. The number of aliphatic carboxylic acids is 1. The highest BCUT2D eigenvalue weighted by molar-refractivity contribution is 5.75. The van der Waals surface area contributed by atoms with Gasteiger partial charge in [-0.25, -0.2) is 0 Å². The lowest BCUT2D eigenvalue weighted by atomic mass is 9.84. The molecule has 2 rings (SSSR count). The zero-order chi connectivity index (χ0) is 11.6. The molecule has 0 aliphatic carbocycles. The predicted molar refractivity (Wildman–Crippen MR) is 60.4 cm³/mol. The largest absolute Gasteiger partial charge is 0.481 e. The van der Waals surface area contributed by atoms with Crippen molar-refractivity contribution in [3.05, 3.63) is 0 Å². The highest BCUT2D eigenvalue weighted by Crippen LogP contribution is 2.36. The molecular formula is C12H21NO3. The van der Waals surface area contributed by atoms with E-state index in [4.69, 9.17) is 4.74 Å². The van der Waals surface area contributed by atoms with E-state index >= 15 is 0 Å². The van der Waals surface area contributed by atoms with Crippen LogP contribution < -0.4 is 0 Å². The molecule has 0 spiro atoms. The fourth-order valence-corrected chi connectivity index (χ4v) is 2.88. The Morgan fingerprint density at radius 3 is 2.69 bits per heavy atom. The summed E-state index contributed by atoms with van der Waals surface area (Å²) in [6.45, 7) is 5.30. The van der Waals surface area contributed by atoms with Crippen molar-refractivity contribution in [1.29, 1.82) is 0 Å². The van der Waals surface area contributed by atoms with Crippen LogP contribution in [0, 0.1) is 5.41 Å². The van der Waals surface area contributed by atoms with Crippen molar-refractivity contribution in [2.45, 2.75) is 38.6 Å². The number of likely N-dealkylation sites (tertiary alicyclic amines) is 1. The molecule has 0 bridgehead atoms. The molecule has 1 unspecified atom stereocenters. The molecule has 0 aromatic carbocycles. The number of hydrogen-bond donors (Lipinski definition) is 1. The predicted octanol–water partition coefficient (Wildman–Crippen LogP) is 1.35. The van der Waals surface area contributed by atoms with Gasteiger partial charge in [0, 0.05) is 25.8 Å². The molecular weight excluding hydrogens is 206 g/mol. The fraction of sp³-hybridized carbons (Fsp3) is 0.917. The van der Waals surface area contributed by atoms with Gasteiger partial charge in [-0.05, 0) is 32.2 Å². The van der Waals surface area contributed by atoms with Crippen LogP contribution in [0.2, 0.25) is 0 Å². The number of carboxylic acids is 1. The molecule has 4 heteroatoms. The van der Waals surface area contributed by atoms with Crippen LogP contribution in [-0.2, 0) is 9.53 Å². The summed E-state index contributed by atoms with van der Waals surface area (Å²) in [5.41, 5.74) is -0.488. The summed E-state index contributed by atoms with van der Waals surface area (Å²) in [6.07, 6.45) is 3.65. The SMILES string of the molecule is CCC1(C(=O)O)CCN(C2CCOCC2)C1. The summed E-state index contributed by atoms with van der Waals surface area (Å²) < 4.78 is 5.34. The molecule has 1 N–H and O–H groups in total. The van der Waals surface area contributed by atoms with Crippen molar-refractivity contribution < 1.29 is 14.6 Å². The van der Waals surface area contributed by atoms with Crippen LogP contribution in [0.1, 0.15) is 32.6 Å². The van der Waals surface area contributed by atoms with Crippen molar-refractivity contribution in [2.24, 2.45) is 5.41 Å². The van der Waals surface area contributed by atoms with E-state index in [0.717, 1.165) is 52.0 Å². The van der Waals surface area contributed by atoms with E-state index in [-0.39, 0.29) is 0 Å². The molecule has 2 aliphatic heterocycles. The van der Waals surface area contributed by atoms with E-state index in [1.54, 1.807) is 0 Å². The van der Waals surface area contributed by atoms with Gasteiger partial charge in [0.15, 0.2) is 0 Å². The van der Waals surface area contributed by atoms with Crippen molar-refractivity contribution in [3.63, 3.8) is 0 Å². The van der Waals surface area contributed by atoms with Gasteiger partial charge in [-0.15, -0.1) is 0 Å². The first-order chi connectivity index (χ1) is 7.68. The molecule has 0 amide bonds. The molecule has 2 saturated heterocycles. The van der Waals surface area contributed by atoms with Gasteiger partial charge in [0.25, 0.3) is 0 Å². The van der Waals surface area contributed by atoms with E-state index in [0.29, 0.717) is 6.04 Å². The minimum Gasteiger partial charge on any atom is -0.481 e. The average Bonchev–Trinajstić information content (AvgIpc) is 2.76. The maximum absolute atomic E-state index is 11.3. The zero-order valence-electron chi connectivity index (χ0n) is 9.95. The molecule has 2 fully saturated rings. The van der Waals surface area contributed by atoms with E-state index in [2.05, 4.69) is 4.90 Å². The summed E-state index contributed by atoms with van der Waals surface area (Å²) >= 11 is 0. The first-order valence-corrected chi connectivity index (χ1v) is 6.23. The molecule has 2 aliphatic rings. The van der Waals surface area contributed by atoms with Crippen molar-refractivity contribution in [2.75, 3.05) is 26.3 Å². The van der Waals surface area contributed by atoms with E-state index < -0.39 is 11.4 Å². The second-order valence-corrected chi connectivity index (χ2v) is 5.00. The number of carbonyl (C=O) groups is 1. The van der Waals surface area contributed by atoms with Gasteiger partial charge in [-0.1, -0.05) is 6.92 Å². The summed E-state index contributed by atoms with van der Waals surface area (Å²) in [5, 5.41) is 9.33. The monoisotopic (exact) mass is 227 g/mol. The molecule has 92 valence electrons. The molecule has 16 heavy (non-hydrogen) atoms. The van der Waals surface area contributed by atoms with Gasteiger partial charge in [0.05, 0.1) is 5.41 Å². The van der Waals surface area contributed by atoms with Crippen molar-refractivity contribution in [3.8, 4) is 0 Å². The van der Waals surface area contributed by atoms with Crippen molar-refractivity contribution in [1.82, 2.24) is 4.90 Å². The Hall–Kier alpha value is -0.610. The second kappa shape index (κ2) is 4.72. The Labute approximate surface area is 96.6 Å². The maximum Gasteiger partial charge on any atom is 0.310 e. The standard InChI is InChI=1S/C12H21NO3/c1-2-12(11(14)15)5-6-13(9-12)10-3-7-16-8-4-10/h10H,2-9H2,1H3,(H,14,15). The van der Waals surface area contributed by atoms with Gasteiger partial charge in [-0.2, -0.15) is 0 Å². The number of rotatable bonds is 3. The third-order valence-corrected chi connectivity index (χ3v) is 4.22. The van der Waals surface area contributed by atoms with Crippen LogP contribution in [0.15, 0.2) is 0 Å². The normalized spacial score (nSPS) is 33.1. The van der Waals surface area contributed by atoms with Crippen LogP contribution in [-0.4, -0.2) is 48.3 Å². The number of carboxylic acid groups (broad SMARTS) is 1. The number of ether oxygens (including phenoxy) is 1. The zero-order valence-corrected chi connectivity index (χ0v) is 9.95. The van der Waals surface area contributed by atoms with Gasteiger partial charge in [0.1, 0.15) is 0 Å². The highest BCUT2D eigenvalue weighted by Gasteiger charge is 2.44. The molecule has 0 aromatic rings. The van der Waals surface area contributed by atoms with Crippen LogP contribution >= 0.6 is 0 Å². The van der Waals surface area contributed by atoms with E-state index in [1.807, 2.05) is 6.92 Å². The molecule has 0 saturated carbocycles. The fourth-order valence-electron chi connectivity index (χ4n) is 2.88. The molecule has 0 radical (unpaired) electrons. The Morgan fingerprint density at radius 2 is 2.19 bits per heavy atom. The Bertz CT molecular complexity index is 263. The van der Waals surface area contributed by atoms with Gasteiger partial charge < -0.3 is 9.84 Å². The summed E-state index contributed by atoms with van der Waals surface area (Å²) in [7, 11) is 0. The molecule has 1 atom stereocenters. The first-order valence-electron chi connectivity index (χ1n) is 6.23. The Kier molecular flexibility index (Phi) is 3.50. The lowest BCUT2D eigenvalue weighted by Crippen LogP contribution is -2.41. The Morgan fingerprint density at radius 1 is 1.50 bits per heavy atom. The first kappa shape index (κ1) is 11.9. The highest BCUT2D eigenvalue weighted by atomic mass is 16.5. The summed E-state index contributed by atoms with van der Waals surface area (Å²) in [5.74, 6) is -0.621. The quantitative estimate of drug-likeness (QED) is 0.790. The third-order valence-electron chi connectivity index (χ3n) is 4.22. The smallest absolute Gasteiger partial charge is 0.310 e. The van der Waals surface area contributed by atoms with Crippen molar-refractivity contribution >= 4 is 5.97 Å². The minimum atomic E-state index is -0.621. The van der Waals surface area contributed by atoms with Crippen LogP contribution in [0.3, 0.4) is 0 Å². The third kappa shape index (κ3) is 2.09. The summed E-state index contributed by atoms with van der Waals surface area (Å²) in [4.78, 5) is 13.7. The lowest BCUT2D eigenvalue weighted by molar-refractivity contribution is -0.148. The number of hydrogen-bond acceptors (Lipinski definition) is 3. The molecule has 0 aromatic heterocycles. The molecule has 2 heterocycles. The van der Waals surface area contributed by atoms with Crippen LogP contribution in [0.4, 0.5) is 0 Å². The van der Waals surface area contributed by atoms with E-state index in [1.165, 1.54) is 0 Å². The maximum atomic E-state index is 11.3. The summed E-state index contributed by atoms with van der Waals surface area (Å²) in [6, 6.07) is 0.543.